The van der Waals surface area contributed by atoms with Crippen molar-refractivity contribution >= 4 is 46.1 Å². The van der Waals surface area contributed by atoms with E-state index >= 15 is 0 Å². The molecule has 3 amide bonds. The van der Waals surface area contributed by atoms with E-state index in [1.54, 1.807) is 4.90 Å². The van der Waals surface area contributed by atoms with Crippen molar-refractivity contribution in [3.05, 3.63) is 22.8 Å². The van der Waals surface area contributed by atoms with Crippen LogP contribution in [-0.4, -0.2) is 94.9 Å². The molecule has 0 spiro atoms. The molecule has 5 atom stereocenters. The second-order valence-electron chi connectivity index (χ2n) is 9.49. The van der Waals surface area contributed by atoms with Crippen molar-refractivity contribution in [2.24, 2.45) is 5.92 Å². The highest BCUT2D eigenvalue weighted by atomic mass is 35.5. The van der Waals surface area contributed by atoms with Crippen LogP contribution in [0.4, 0.5) is 25.1 Å². The average molecular weight is 539 g/mol. The van der Waals surface area contributed by atoms with Crippen molar-refractivity contribution in [2.75, 3.05) is 43.9 Å². The predicted molar refractivity (Wildman–Crippen MR) is 134 cm³/mol. The molecule has 4 heterocycles. The highest BCUT2D eigenvalue weighted by Crippen LogP contribution is 2.36. The Kier molecular flexibility index (Phi) is 7.13. The quantitative estimate of drug-likeness (QED) is 0.597. The van der Waals surface area contributed by atoms with Gasteiger partial charge in [0, 0.05) is 51.0 Å². The Balaban J connectivity index is 1.19. The van der Waals surface area contributed by atoms with E-state index in [-0.39, 0.29) is 24.9 Å². The number of anilines is 2. The highest BCUT2D eigenvalue weighted by Gasteiger charge is 2.43. The van der Waals surface area contributed by atoms with Gasteiger partial charge in [-0.1, -0.05) is 22.9 Å². The normalized spacial score (nSPS) is 27.7. The maximum absolute atomic E-state index is 14.8. The number of nitrogens with zero attached hydrogens (tertiary/aromatic N) is 6. The molecule has 2 aromatic rings. The van der Waals surface area contributed by atoms with Gasteiger partial charge < -0.3 is 24.8 Å². The molecule has 1 saturated carbocycles. The molecule has 11 nitrogen and oxygen atoms in total. The van der Waals surface area contributed by atoms with Gasteiger partial charge in [0.05, 0.1) is 12.2 Å². The molecule has 3 aliphatic rings. The molecule has 194 valence electrons. The number of hydrogen-bond acceptors (Lipinski definition) is 9. The average Bonchev–Trinajstić information content (AvgIpc) is 3.54. The van der Waals surface area contributed by atoms with Crippen LogP contribution in [0, 0.1) is 5.92 Å². The van der Waals surface area contributed by atoms with Crippen molar-refractivity contribution < 1.29 is 18.7 Å². The molecule has 2 aromatic heterocycles. The number of piperidine rings is 2. The summed E-state index contributed by atoms with van der Waals surface area (Å²) in [7, 11) is 3.64. The minimum atomic E-state index is -1.22. The summed E-state index contributed by atoms with van der Waals surface area (Å²) in [6, 6.07) is 0.900. The molecular formula is C22H28ClFN8O3S. The van der Waals surface area contributed by atoms with Crippen LogP contribution in [0.2, 0.25) is 4.34 Å². The summed E-state index contributed by atoms with van der Waals surface area (Å²) in [5.74, 6) is 0.858. The summed E-state index contributed by atoms with van der Waals surface area (Å²) < 4.78 is 20.7. The lowest BCUT2D eigenvalue weighted by Gasteiger charge is -2.39. The van der Waals surface area contributed by atoms with Crippen molar-refractivity contribution in [1.82, 2.24) is 30.1 Å². The maximum atomic E-state index is 14.8. The van der Waals surface area contributed by atoms with Gasteiger partial charge in [0.25, 0.3) is 0 Å². The van der Waals surface area contributed by atoms with Crippen LogP contribution >= 0.6 is 22.9 Å². The Labute approximate surface area is 217 Å². The number of urea groups is 1. The number of rotatable bonds is 5. The number of likely N-dealkylation sites (tertiary alicyclic amines) is 1. The van der Waals surface area contributed by atoms with Crippen LogP contribution in [0.5, 0.6) is 5.88 Å². The molecule has 2 aliphatic heterocycles. The molecule has 3 fully saturated rings. The van der Waals surface area contributed by atoms with Crippen LogP contribution in [0.25, 0.3) is 0 Å². The Morgan fingerprint density at radius 2 is 2.14 bits per heavy atom. The number of fused-ring (bicyclic) bond motifs is 2. The summed E-state index contributed by atoms with van der Waals surface area (Å²) >= 11 is 6.98. The van der Waals surface area contributed by atoms with Gasteiger partial charge in [-0.3, -0.25) is 5.32 Å². The van der Waals surface area contributed by atoms with E-state index in [1.807, 2.05) is 0 Å². The Bertz CT molecular complexity index is 1120. The Hall–Kier alpha value is -2.77. The van der Waals surface area contributed by atoms with Crippen molar-refractivity contribution in [2.45, 2.75) is 43.6 Å². The molecule has 0 aromatic carbocycles. The maximum Gasteiger partial charge on any atom is 0.414 e. The SMILES string of the molecule is CN1C[C@H]2C[C@@H]1C[C@@H]2NC(=O)Oc1ccnc(N2CC[C@@H](F)[C@@H](N(C)C(=O)Nc3ncc(Cl)s3)C2)n1. The number of thiazole rings is 1. The Morgan fingerprint density at radius 1 is 1.31 bits per heavy atom. The third-order valence-electron chi connectivity index (χ3n) is 7.23. The number of carbonyl (C=O) groups excluding carboxylic acids is 2. The molecular weight excluding hydrogens is 511 g/mol. The molecule has 0 unspecified atom stereocenters. The summed E-state index contributed by atoms with van der Waals surface area (Å²) in [5.41, 5.74) is 0. The van der Waals surface area contributed by atoms with Gasteiger partial charge in [-0.25, -0.2) is 23.9 Å². The van der Waals surface area contributed by atoms with Gasteiger partial charge in [0.1, 0.15) is 10.5 Å². The van der Waals surface area contributed by atoms with Gasteiger partial charge in [-0.2, -0.15) is 4.98 Å². The molecule has 0 radical (unpaired) electrons. The van der Waals surface area contributed by atoms with Gasteiger partial charge in [0.2, 0.25) is 11.8 Å². The number of alkyl halides is 1. The van der Waals surface area contributed by atoms with Crippen LogP contribution in [-0.2, 0) is 0 Å². The number of halogens is 2. The van der Waals surface area contributed by atoms with Crippen LogP contribution in [0.1, 0.15) is 19.3 Å². The lowest BCUT2D eigenvalue weighted by molar-refractivity contribution is 0.133. The van der Waals surface area contributed by atoms with Gasteiger partial charge >= 0.3 is 12.1 Å². The summed E-state index contributed by atoms with van der Waals surface area (Å²) in [6.07, 6.45) is 3.37. The standard InChI is InChI=1S/C22H28ClFN8O3S/c1-30-10-12-7-13(30)8-15(12)27-22(34)35-18-3-5-25-19(28-18)32-6-4-14(24)16(11-32)31(2)21(33)29-20-26-9-17(23)36-20/h3,5,9,12-16H,4,6-8,10-11H2,1-2H3,(H,27,34)(H,26,29,33)/t12-,13-,14-,15+,16+/m1/s1. The number of ether oxygens (including phenoxy) is 1. The fourth-order valence-corrected chi connectivity index (χ4v) is 6.06. The van der Waals surface area contributed by atoms with Crippen molar-refractivity contribution in [3.63, 3.8) is 0 Å². The van der Waals surface area contributed by atoms with Crippen LogP contribution < -0.4 is 20.3 Å². The number of aromatic nitrogens is 3. The van der Waals surface area contributed by atoms with Crippen molar-refractivity contribution in [3.8, 4) is 5.88 Å². The van der Waals surface area contributed by atoms with Crippen molar-refractivity contribution in [1.29, 1.82) is 0 Å². The first-order chi connectivity index (χ1) is 17.3. The Morgan fingerprint density at radius 3 is 2.83 bits per heavy atom. The largest absolute Gasteiger partial charge is 0.414 e. The number of likely N-dealkylation sites (N-methyl/N-ethyl adjacent to an activating group) is 1. The van der Waals surface area contributed by atoms with E-state index < -0.39 is 24.3 Å². The summed E-state index contributed by atoms with van der Waals surface area (Å²) in [6.45, 7) is 1.52. The summed E-state index contributed by atoms with van der Waals surface area (Å²) in [4.78, 5) is 43.2. The smallest absolute Gasteiger partial charge is 0.391 e. The molecule has 2 N–H and O–H groups in total. The second kappa shape index (κ2) is 10.3. The summed E-state index contributed by atoms with van der Waals surface area (Å²) in [5, 5.41) is 5.94. The van der Waals surface area contributed by atoms with E-state index in [4.69, 9.17) is 16.3 Å². The lowest BCUT2D eigenvalue weighted by atomic mass is 10.0. The van der Waals surface area contributed by atoms with Crippen LogP contribution in [0.15, 0.2) is 18.5 Å². The zero-order chi connectivity index (χ0) is 25.4. The zero-order valence-corrected chi connectivity index (χ0v) is 21.5. The number of hydrogen-bond donors (Lipinski definition) is 2. The first kappa shape index (κ1) is 24.9. The predicted octanol–water partition coefficient (Wildman–Crippen LogP) is 2.85. The highest BCUT2D eigenvalue weighted by molar-refractivity contribution is 7.19. The molecule has 14 heteroatoms. The van der Waals surface area contributed by atoms with E-state index in [2.05, 4.69) is 37.5 Å². The van der Waals surface area contributed by atoms with E-state index in [9.17, 15) is 14.0 Å². The van der Waals surface area contributed by atoms with Crippen LogP contribution in [0.3, 0.4) is 0 Å². The third-order valence-corrected chi connectivity index (χ3v) is 8.26. The topological polar surface area (TPSA) is 116 Å². The van der Waals surface area contributed by atoms with Gasteiger partial charge in [0.15, 0.2) is 5.13 Å². The minimum Gasteiger partial charge on any atom is -0.391 e. The molecule has 2 bridgehead atoms. The first-order valence-electron chi connectivity index (χ1n) is 11.8. The molecule has 1 aliphatic carbocycles. The molecule has 36 heavy (non-hydrogen) atoms. The number of carbonyl (C=O) groups is 2. The molecule has 2 saturated heterocycles. The fourth-order valence-electron chi connectivity index (χ4n) is 5.26. The first-order valence-corrected chi connectivity index (χ1v) is 13.0. The number of nitrogens with one attached hydrogen (secondary N) is 2. The number of amides is 3. The molecule has 5 rings (SSSR count). The van der Waals surface area contributed by atoms with E-state index in [0.29, 0.717) is 33.9 Å². The monoisotopic (exact) mass is 538 g/mol. The minimum absolute atomic E-state index is 0.103. The zero-order valence-electron chi connectivity index (χ0n) is 19.9. The van der Waals surface area contributed by atoms with Gasteiger partial charge in [-0.15, -0.1) is 0 Å². The lowest BCUT2D eigenvalue weighted by Crippen LogP contribution is -2.55. The second-order valence-corrected chi connectivity index (χ2v) is 11.2. The fraction of sp³-hybridized carbons (Fsp3) is 0.591. The van der Waals surface area contributed by atoms with E-state index in [0.717, 1.165) is 30.7 Å². The van der Waals surface area contributed by atoms with E-state index in [1.165, 1.54) is 30.4 Å². The van der Waals surface area contributed by atoms with Gasteiger partial charge in [-0.05, 0) is 32.2 Å². The third kappa shape index (κ3) is 5.32.